The molecule has 0 spiro atoms. The van der Waals surface area contributed by atoms with E-state index in [4.69, 9.17) is 9.72 Å². The smallest absolute Gasteiger partial charge is 0.269 e. The van der Waals surface area contributed by atoms with Crippen LogP contribution in [0, 0.1) is 10.1 Å². The minimum Gasteiger partial charge on any atom is -0.382 e. The second-order valence-electron chi connectivity index (χ2n) is 6.28. The van der Waals surface area contributed by atoms with Crippen molar-refractivity contribution in [2.75, 3.05) is 13.2 Å². The van der Waals surface area contributed by atoms with Gasteiger partial charge in [-0.05, 0) is 37.1 Å². The Balaban J connectivity index is 1.88. The van der Waals surface area contributed by atoms with Gasteiger partial charge in [-0.1, -0.05) is 39.8 Å². The first-order valence-electron chi connectivity index (χ1n) is 9.13. The molecule has 1 heterocycles. The Labute approximate surface area is 180 Å². The summed E-state index contributed by atoms with van der Waals surface area (Å²) in [6.45, 7) is 3.66. The standard InChI is InChI=1S/C20H20BrN3O4S/c1-2-28-11-3-10-23-19(25)17-12-15(21)6-9-18(17)22-20(23)29-13-14-4-7-16(8-5-14)24(26)27/h4-9,12H,2-3,10-11,13H2,1H3. The predicted molar refractivity (Wildman–Crippen MR) is 117 cm³/mol. The molecule has 3 rings (SSSR count). The molecule has 0 radical (unpaired) electrons. The van der Waals surface area contributed by atoms with Crippen molar-refractivity contribution < 1.29 is 9.66 Å². The molecule has 152 valence electrons. The Bertz CT molecular complexity index is 1070. The van der Waals surface area contributed by atoms with Crippen LogP contribution in [0.15, 0.2) is 56.9 Å². The molecule has 1 aromatic heterocycles. The first kappa shape index (κ1) is 21.5. The van der Waals surface area contributed by atoms with Gasteiger partial charge in [0.15, 0.2) is 5.16 Å². The van der Waals surface area contributed by atoms with Crippen LogP contribution in [0.4, 0.5) is 5.69 Å². The molecule has 0 amide bonds. The molecule has 0 aliphatic rings. The number of nitro groups is 1. The third-order valence-electron chi connectivity index (χ3n) is 4.27. The van der Waals surface area contributed by atoms with Crippen molar-refractivity contribution in [3.05, 3.63) is 73.0 Å². The Morgan fingerprint density at radius 3 is 2.69 bits per heavy atom. The molecule has 9 heteroatoms. The number of rotatable bonds is 9. The summed E-state index contributed by atoms with van der Waals surface area (Å²) in [5.41, 5.74) is 1.54. The monoisotopic (exact) mass is 477 g/mol. The lowest BCUT2D eigenvalue weighted by Crippen LogP contribution is -2.24. The van der Waals surface area contributed by atoms with Crippen LogP contribution in [0.1, 0.15) is 18.9 Å². The van der Waals surface area contributed by atoms with Crippen molar-refractivity contribution in [3.63, 3.8) is 0 Å². The number of hydrogen-bond acceptors (Lipinski definition) is 6. The predicted octanol–water partition coefficient (Wildman–Crippen LogP) is 4.79. The summed E-state index contributed by atoms with van der Waals surface area (Å²) in [5, 5.41) is 12.0. The van der Waals surface area contributed by atoms with E-state index in [1.807, 2.05) is 19.1 Å². The van der Waals surface area contributed by atoms with Gasteiger partial charge in [-0.15, -0.1) is 0 Å². The van der Waals surface area contributed by atoms with Gasteiger partial charge in [0.05, 0.1) is 15.8 Å². The number of fused-ring (bicyclic) bond motifs is 1. The first-order valence-corrected chi connectivity index (χ1v) is 10.9. The van der Waals surface area contributed by atoms with Gasteiger partial charge in [0.25, 0.3) is 11.2 Å². The summed E-state index contributed by atoms with van der Waals surface area (Å²) >= 11 is 4.85. The van der Waals surface area contributed by atoms with Gasteiger partial charge < -0.3 is 4.74 Å². The zero-order valence-electron chi connectivity index (χ0n) is 15.8. The van der Waals surface area contributed by atoms with Gasteiger partial charge in [-0.25, -0.2) is 4.98 Å². The summed E-state index contributed by atoms with van der Waals surface area (Å²) in [6, 6.07) is 11.9. The molecule has 7 nitrogen and oxygen atoms in total. The van der Waals surface area contributed by atoms with E-state index in [0.29, 0.717) is 48.0 Å². The van der Waals surface area contributed by atoms with Crippen LogP contribution >= 0.6 is 27.7 Å². The van der Waals surface area contributed by atoms with E-state index in [0.717, 1.165) is 10.0 Å². The lowest BCUT2D eigenvalue weighted by molar-refractivity contribution is -0.384. The number of benzene rings is 2. The SMILES string of the molecule is CCOCCCn1c(SCc2ccc([N+](=O)[O-])cc2)nc2ccc(Br)cc2c1=O. The summed E-state index contributed by atoms with van der Waals surface area (Å²) in [5.74, 6) is 0.554. The summed E-state index contributed by atoms with van der Waals surface area (Å²) in [4.78, 5) is 28.1. The molecule has 0 atom stereocenters. The van der Waals surface area contributed by atoms with E-state index in [9.17, 15) is 14.9 Å². The van der Waals surface area contributed by atoms with E-state index in [1.54, 1.807) is 22.8 Å². The Hall–Kier alpha value is -2.23. The van der Waals surface area contributed by atoms with Gasteiger partial charge in [0.1, 0.15) is 0 Å². The number of halogens is 1. The molecule has 0 unspecified atom stereocenters. The molecule has 0 saturated heterocycles. The molecule has 0 fully saturated rings. The Kier molecular flexibility index (Phi) is 7.40. The second kappa shape index (κ2) is 10.00. The van der Waals surface area contributed by atoms with E-state index < -0.39 is 4.92 Å². The zero-order valence-corrected chi connectivity index (χ0v) is 18.2. The molecule has 29 heavy (non-hydrogen) atoms. The number of nitrogens with zero attached hydrogens (tertiary/aromatic N) is 3. The Morgan fingerprint density at radius 2 is 2.00 bits per heavy atom. The average Bonchev–Trinajstić information content (AvgIpc) is 2.72. The van der Waals surface area contributed by atoms with Crippen LogP contribution < -0.4 is 5.56 Å². The highest BCUT2D eigenvalue weighted by atomic mass is 79.9. The zero-order chi connectivity index (χ0) is 20.8. The van der Waals surface area contributed by atoms with Crippen molar-refractivity contribution in [1.82, 2.24) is 9.55 Å². The van der Waals surface area contributed by atoms with Crippen LogP contribution in [0.2, 0.25) is 0 Å². The molecule has 2 aromatic carbocycles. The third-order valence-corrected chi connectivity index (χ3v) is 5.81. The number of thioether (sulfide) groups is 1. The highest BCUT2D eigenvalue weighted by molar-refractivity contribution is 9.10. The normalized spacial score (nSPS) is 11.1. The van der Waals surface area contributed by atoms with Gasteiger partial charge in [0, 0.05) is 42.1 Å². The minimum atomic E-state index is -0.421. The fourth-order valence-electron chi connectivity index (χ4n) is 2.81. The van der Waals surface area contributed by atoms with Gasteiger partial charge in [-0.3, -0.25) is 19.5 Å². The van der Waals surface area contributed by atoms with Crippen molar-refractivity contribution in [2.45, 2.75) is 30.8 Å². The summed E-state index contributed by atoms with van der Waals surface area (Å²) in [7, 11) is 0. The van der Waals surface area contributed by atoms with Gasteiger partial charge in [0.2, 0.25) is 0 Å². The number of aromatic nitrogens is 2. The summed E-state index contributed by atoms with van der Waals surface area (Å²) < 4.78 is 7.91. The molecule has 3 aromatic rings. The largest absolute Gasteiger partial charge is 0.382 e. The maximum atomic E-state index is 13.1. The quantitative estimate of drug-likeness (QED) is 0.145. The molecule has 0 N–H and O–H groups in total. The molecule has 0 aliphatic heterocycles. The third kappa shape index (κ3) is 5.43. The average molecular weight is 478 g/mol. The number of ether oxygens (including phenoxy) is 1. The number of nitro benzene ring substituents is 1. The topological polar surface area (TPSA) is 87.3 Å². The molecular weight excluding hydrogens is 458 g/mol. The molecule has 0 saturated carbocycles. The second-order valence-corrected chi connectivity index (χ2v) is 8.13. The number of hydrogen-bond donors (Lipinski definition) is 0. The van der Waals surface area contributed by atoms with Crippen LogP contribution in [0.3, 0.4) is 0 Å². The van der Waals surface area contributed by atoms with Gasteiger partial charge in [-0.2, -0.15) is 0 Å². The van der Waals surface area contributed by atoms with Crippen LogP contribution in [0.25, 0.3) is 10.9 Å². The highest BCUT2D eigenvalue weighted by Gasteiger charge is 2.13. The summed E-state index contributed by atoms with van der Waals surface area (Å²) in [6.07, 6.45) is 0.708. The maximum absolute atomic E-state index is 13.1. The fraction of sp³-hybridized carbons (Fsp3) is 0.300. The Morgan fingerprint density at radius 1 is 1.24 bits per heavy atom. The van der Waals surface area contributed by atoms with Crippen molar-refractivity contribution in [1.29, 1.82) is 0 Å². The maximum Gasteiger partial charge on any atom is 0.269 e. The van der Waals surface area contributed by atoms with E-state index in [1.165, 1.54) is 23.9 Å². The van der Waals surface area contributed by atoms with E-state index >= 15 is 0 Å². The molecule has 0 bridgehead atoms. The number of non-ortho nitro benzene ring substituents is 1. The van der Waals surface area contributed by atoms with E-state index in [-0.39, 0.29) is 11.2 Å². The molecule has 0 aliphatic carbocycles. The van der Waals surface area contributed by atoms with Gasteiger partial charge >= 0.3 is 0 Å². The fourth-order valence-corrected chi connectivity index (χ4v) is 4.15. The lowest BCUT2D eigenvalue weighted by atomic mass is 10.2. The lowest BCUT2D eigenvalue weighted by Gasteiger charge is -2.13. The van der Waals surface area contributed by atoms with E-state index in [2.05, 4.69) is 15.9 Å². The van der Waals surface area contributed by atoms with Crippen LogP contribution in [-0.4, -0.2) is 27.7 Å². The van der Waals surface area contributed by atoms with Crippen LogP contribution in [-0.2, 0) is 17.0 Å². The van der Waals surface area contributed by atoms with Crippen molar-refractivity contribution in [2.24, 2.45) is 0 Å². The van der Waals surface area contributed by atoms with Crippen LogP contribution in [0.5, 0.6) is 0 Å². The molecular formula is C20H20BrN3O4S. The first-order chi connectivity index (χ1) is 14.0. The van der Waals surface area contributed by atoms with Crippen molar-refractivity contribution >= 4 is 44.3 Å². The minimum absolute atomic E-state index is 0.0565. The van der Waals surface area contributed by atoms with Crippen molar-refractivity contribution in [3.8, 4) is 0 Å². The highest BCUT2D eigenvalue weighted by Crippen LogP contribution is 2.24.